The van der Waals surface area contributed by atoms with Gasteiger partial charge in [0.1, 0.15) is 0 Å². The maximum absolute atomic E-state index is 9.62. The minimum absolute atomic E-state index is 0.0106. The summed E-state index contributed by atoms with van der Waals surface area (Å²) < 4.78 is 1.02. The van der Waals surface area contributed by atoms with Crippen molar-refractivity contribution in [2.75, 3.05) is 0 Å². The molecule has 1 N–H and O–H groups in total. The van der Waals surface area contributed by atoms with Crippen molar-refractivity contribution in [3.8, 4) is 0 Å². The molecule has 2 heteroatoms. The van der Waals surface area contributed by atoms with Crippen molar-refractivity contribution in [2.24, 2.45) is 0 Å². The van der Waals surface area contributed by atoms with E-state index in [1.54, 1.807) is 0 Å². The Morgan fingerprint density at radius 3 is 2.15 bits per heavy atom. The molecule has 0 aromatic rings. The molecule has 1 rings (SSSR count). The van der Waals surface area contributed by atoms with Crippen LogP contribution in [0.15, 0.2) is 0 Å². The van der Waals surface area contributed by atoms with E-state index in [9.17, 15) is 5.11 Å². The molecule has 0 saturated heterocycles. The fourth-order valence-corrected chi connectivity index (χ4v) is 8.32. The van der Waals surface area contributed by atoms with Crippen molar-refractivity contribution < 1.29 is 5.11 Å². The molecule has 0 amide bonds. The van der Waals surface area contributed by atoms with E-state index in [1.165, 1.54) is 25.7 Å². The maximum atomic E-state index is 9.62. The molecule has 13 heavy (non-hydrogen) atoms. The summed E-state index contributed by atoms with van der Waals surface area (Å²) in [4.78, 5) is 7.61. The van der Waals surface area contributed by atoms with Gasteiger partial charge in [-0.1, -0.05) is 0 Å². The Morgan fingerprint density at radius 1 is 0.923 bits per heavy atom. The Kier molecular flexibility index (Phi) is 4.56. The Balaban J connectivity index is 2.46. The second-order valence-corrected chi connectivity index (χ2v) is 21.4. The van der Waals surface area contributed by atoms with Gasteiger partial charge in [-0.2, -0.15) is 0 Å². The SMILES string of the molecule is [CH3][Sn]([CH3])([CH3])[C@@H]1CCCC[C@H](O)CC1. The van der Waals surface area contributed by atoms with E-state index in [1.807, 2.05) is 0 Å². The van der Waals surface area contributed by atoms with Crippen LogP contribution in [0.4, 0.5) is 0 Å². The number of hydrogen-bond acceptors (Lipinski definition) is 1. The summed E-state index contributed by atoms with van der Waals surface area (Å²) in [7, 11) is 0. The van der Waals surface area contributed by atoms with Crippen molar-refractivity contribution in [2.45, 2.75) is 63.4 Å². The summed E-state index contributed by atoms with van der Waals surface area (Å²) in [6.45, 7) is 0. The molecule has 0 aliphatic heterocycles. The van der Waals surface area contributed by atoms with Crippen LogP contribution in [0.25, 0.3) is 0 Å². The first-order valence-corrected chi connectivity index (χ1v) is 15.9. The van der Waals surface area contributed by atoms with Crippen LogP contribution in [-0.2, 0) is 0 Å². The van der Waals surface area contributed by atoms with Gasteiger partial charge < -0.3 is 0 Å². The van der Waals surface area contributed by atoms with Crippen LogP contribution in [0.5, 0.6) is 0 Å². The molecule has 0 radical (unpaired) electrons. The molecule has 0 spiro atoms. The first kappa shape index (κ1) is 11.8. The molecule has 1 aliphatic carbocycles. The summed E-state index contributed by atoms with van der Waals surface area (Å²) in [6, 6.07) is 0. The second-order valence-electron chi connectivity index (χ2n) is 5.58. The minimum atomic E-state index is -1.66. The number of rotatable bonds is 1. The molecule has 0 heterocycles. The molecule has 0 bridgehead atoms. The Morgan fingerprint density at radius 2 is 1.54 bits per heavy atom. The van der Waals surface area contributed by atoms with Crippen molar-refractivity contribution in [3.63, 3.8) is 0 Å². The van der Waals surface area contributed by atoms with E-state index in [2.05, 4.69) is 14.8 Å². The first-order chi connectivity index (χ1) is 6.00. The van der Waals surface area contributed by atoms with Crippen molar-refractivity contribution >= 4 is 18.4 Å². The van der Waals surface area contributed by atoms with Gasteiger partial charge in [0.05, 0.1) is 0 Å². The van der Waals surface area contributed by atoms with E-state index in [-0.39, 0.29) is 6.10 Å². The van der Waals surface area contributed by atoms with Crippen LogP contribution >= 0.6 is 0 Å². The Hall–Kier alpha value is 0.759. The Labute approximate surface area is 86.8 Å². The van der Waals surface area contributed by atoms with Crippen LogP contribution in [0.1, 0.15) is 38.5 Å². The predicted molar refractivity (Wildman–Crippen MR) is 60.8 cm³/mol. The standard InChI is InChI=1S/C8H15O.3CH3.Sn/c9-8-6-4-2-1-3-5-7-8;;;;/h2,8-9H,1,3-7H2;3*1H3;/t8-;;;;/m1..../s1. The zero-order valence-corrected chi connectivity index (χ0v) is 12.2. The zero-order valence-electron chi connectivity index (χ0n) is 9.34. The van der Waals surface area contributed by atoms with E-state index < -0.39 is 18.4 Å². The van der Waals surface area contributed by atoms with Gasteiger partial charge in [-0.25, -0.2) is 0 Å². The van der Waals surface area contributed by atoms with Gasteiger partial charge in [0.2, 0.25) is 0 Å². The third-order valence-corrected chi connectivity index (χ3v) is 12.1. The van der Waals surface area contributed by atoms with Crippen LogP contribution in [0, 0.1) is 0 Å². The van der Waals surface area contributed by atoms with E-state index in [0.29, 0.717) is 0 Å². The van der Waals surface area contributed by atoms with Gasteiger partial charge >= 0.3 is 86.9 Å². The fraction of sp³-hybridized carbons (Fsp3) is 1.00. The van der Waals surface area contributed by atoms with Crippen LogP contribution < -0.4 is 0 Å². The topological polar surface area (TPSA) is 20.2 Å². The van der Waals surface area contributed by atoms with Crippen molar-refractivity contribution in [1.29, 1.82) is 0 Å². The number of aliphatic hydroxyl groups excluding tert-OH is 1. The number of hydrogen-bond donors (Lipinski definition) is 1. The van der Waals surface area contributed by atoms with Gasteiger partial charge in [0.15, 0.2) is 0 Å². The van der Waals surface area contributed by atoms with Gasteiger partial charge in [0.25, 0.3) is 0 Å². The summed E-state index contributed by atoms with van der Waals surface area (Å²) in [5, 5.41) is 9.62. The molecule has 0 unspecified atom stereocenters. The summed E-state index contributed by atoms with van der Waals surface area (Å²) in [6.07, 6.45) is 7.49. The summed E-state index contributed by atoms with van der Waals surface area (Å²) >= 11 is -1.66. The summed E-state index contributed by atoms with van der Waals surface area (Å²) in [5.74, 6) is 0. The zero-order chi connectivity index (χ0) is 9.90. The Bertz CT molecular complexity index is 151. The molecule has 78 valence electrons. The van der Waals surface area contributed by atoms with Gasteiger partial charge in [-0.15, -0.1) is 0 Å². The molecule has 2 atom stereocenters. The average Bonchev–Trinajstić information content (AvgIpc) is 1.94. The molecule has 1 aliphatic rings. The van der Waals surface area contributed by atoms with Crippen molar-refractivity contribution in [1.82, 2.24) is 0 Å². The molecule has 1 saturated carbocycles. The first-order valence-electron chi connectivity index (χ1n) is 5.68. The third-order valence-electron chi connectivity index (χ3n) is 3.41. The average molecular weight is 291 g/mol. The van der Waals surface area contributed by atoms with Crippen LogP contribution in [-0.4, -0.2) is 29.6 Å². The predicted octanol–water partition coefficient (Wildman–Crippen LogP) is 3.41. The monoisotopic (exact) mass is 292 g/mol. The van der Waals surface area contributed by atoms with Gasteiger partial charge in [0, 0.05) is 0 Å². The van der Waals surface area contributed by atoms with Gasteiger partial charge in [-0.05, 0) is 0 Å². The second kappa shape index (κ2) is 5.01. The normalized spacial score (nSPS) is 32.3. The van der Waals surface area contributed by atoms with Crippen LogP contribution in [0.2, 0.25) is 18.8 Å². The third kappa shape index (κ3) is 4.20. The molecule has 0 aromatic carbocycles. The quantitative estimate of drug-likeness (QED) is 0.734. The molecule has 1 nitrogen and oxygen atoms in total. The van der Waals surface area contributed by atoms with Crippen molar-refractivity contribution in [3.05, 3.63) is 0 Å². The van der Waals surface area contributed by atoms with E-state index in [0.717, 1.165) is 16.8 Å². The molecule has 1 fully saturated rings. The van der Waals surface area contributed by atoms with E-state index >= 15 is 0 Å². The summed E-state index contributed by atoms with van der Waals surface area (Å²) in [5.41, 5.74) is 0. The molecule has 0 aromatic heterocycles. The van der Waals surface area contributed by atoms with E-state index in [4.69, 9.17) is 0 Å². The molecular formula is C11H24OSn. The van der Waals surface area contributed by atoms with Crippen LogP contribution in [0.3, 0.4) is 0 Å². The van der Waals surface area contributed by atoms with Gasteiger partial charge in [-0.3, -0.25) is 0 Å². The number of aliphatic hydroxyl groups is 1. The molecular weight excluding hydrogens is 267 g/mol. The fourth-order valence-electron chi connectivity index (χ4n) is 2.32.